The molecule has 0 aliphatic rings. The average molecular weight is 427 g/mol. The van der Waals surface area contributed by atoms with Gasteiger partial charge in [-0.05, 0) is 19.1 Å². The molecule has 29 heavy (non-hydrogen) atoms. The van der Waals surface area contributed by atoms with Gasteiger partial charge in [-0.2, -0.15) is 0 Å². The molecular weight excluding hydrogens is 392 g/mol. The summed E-state index contributed by atoms with van der Waals surface area (Å²) in [5, 5.41) is 0. The Morgan fingerprint density at radius 3 is 1.69 bits per heavy atom. The van der Waals surface area contributed by atoms with Crippen molar-refractivity contribution < 1.29 is 0 Å². The van der Waals surface area contributed by atoms with Crippen LogP contribution < -0.4 is 0 Å². The van der Waals surface area contributed by atoms with E-state index < -0.39 is 0 Å². The summed E-state index contributed by atoms with van der Waals surface area (Å²) in [5.74, 6) is 0. The van der Waals surface area contributed by atoms with Gasteiger partial charge < -0.3 is 0 Å². The second-order valence-corrected chi connectivity index (χ2v) is 12.9. The van der Waals surface area contributed by atoms with Gasteiger partial charge in [0.2, 0.25) is 0 Å². The van der Waals surface area contributed by atoms with Crippen molar-refractivity contribution in [3.8, 4) is 0 Å². The normalized spacial score (nSPS) is 14.0. The summed E-state index contributed by atoms with van der Waals surface area (Å²) in [6.45, 7) is 16.2. The van der Waals surface area contributed by atoms with Crippen molar-refractivity contribution in [1.82, 2.24) is 0 Å². The van der Waals surface area contributed by atoms with E-state index >= 15 is 0 Å². The molecule has 2 aromatic rings. The van der Waals surface area contributed by atoms with Crippen molar-refractivity contribution in [2.75, 3.05) is 6.54 Å². The van der Waals surface area contributed by atoms with E-state index in [1.165, 1.54) is 20.9 Å². The largest absolute Gasteiger partial charge is 0.290 e. The number of benzene rings is 2. The van der Waals surface area contributed by atoms with E-state index in [1.54, 1.807) is 0 Å². The summed E-state index contributed by atoms with van der Waals surface area (Å²) in [4.78, 5) is 12.0. The molecule has 0 saturated heterocycles. The lowest BCUT2D eigenvalue weighted by molar-refractivity contribution is 0.761. The fourth-order valence-electron chi connectivity index (χ4n) is 2.58. The summed E-state index contributed by atoms with van der Waals surface area (Å²) < 4.78 is 0.359. The van der Waals surface area contributed by atoms with E-state index in [9.17, 15) is 0 Å². The second-order valence-electron chi connectivity index (χ2n) is 9.13. The SMILES string of the molecule is C[C@H](CN=Cc1ccccc1SC(C)(C)C)N=Cc1ccccc1SC(C)(C)C. The van der Waals surface area contributed by atoms with Crippen molar-refractivity contribution in [1.29, 1.82) is 0 Å². The molecule has 156 valence electrons. The number of rotatable bonds is 7. The molecule has 0 fully saturated rings. The molecule has 2 rings (SSSR count). The number of thioether (sulfide) groups is 2. The maximum absolute atomic E-state index is 4.74. The summed E-state index contributed by atoms with van der Waals surface area (Å²) in [5.41, 5.74) is 2.35. The number of hydrogen-bond acceptors (Lipinski definition) is 4. The lowest BCUT2D eigenvalue weighted by Crippen LogP contribution is -2.08. The average Bonchev–Trinajstić information content (AvgIpc) is 2.60. The first-order chi connectivity index (χ1) is 13.5. The van der Waals surface area contributed by atoms with Crippen LogP contribution >= 0.6 is 23.5 Å². The first-order valence-electron chi connectivity index (χ1n) is 10.1. The minimum atomic E-state index is 0.140. The molecular formula is C25H34N2S2. The molecule has 0 saturated carbocycles. The van der Waals surface area contributed by atoms with Crippen LogP contribution in [-0.4, -0.2) is 34.5 Å². The van der Waals surface area contributed by atoms with Gasteiger partial charge in [-0.15, -0.1) is 23.5 Å². The van der Waals surface area contributed by atoms with Crippen LogP contribution in [0.25, 0.3) is 0 Å². The molecule has 0 heterocycles. The third-order valence-electron chi connectivity index (χ3n) is 3.74. The van der Waals surface area contributed by atoms with Crippen LogP contribution in [0.2, 0.25) is 0 Å². The van der Waals surface area contributed by atoms with Crippen molar-refractivity contribution in [2.45, 2.75) is 73.8 Å². The maximum Gasteiger partial charge on any atom is 0.0666 e. The Hall–Kier alpha value is -1.52. The smallest absolute Gasteiger partial charge is 0.0666 e. The molecule has 2 aromatic carbocycles. The van der Waals surface area contributed by atoms with Crippen LogP contribution in [0.4, 0.5) is 0 Å². The number of hydrogen-bond donors (Lipinski definition) is 0. The zero-order valence-electron chi connectivity index (χ0n) is 18.8. The van der Waals surface area contributed by atoms with Crippen LogP contribution in [0.15, 0.2) is 68.3 Å². The molecule has 0 bridgehead atoms. The van der Waals surface area contributed by atoms with E-state index in [2.05, 4.69) is 102 Å². The van der Waals surface area contributed by atoms with Gasteiger partial charge in [0.1, 0.15) is 0 Å². The van der Waals surface area contributed by atoms with Gasteiger partial charge in [0.25, 0.3) is 0 Å². The van der Waals surface area contributed by atoms with Crippen LogP contribution in [0.5, 0.6) is 0 Å². The molecule has 4 heteroatoms. The van der Waals surface area contributed by atoms with Gasteiger partial charge in [-0.3, -0.25) is 9.98 Å². The Labute approximate surface area is 185 Å². The molecule has 0 amide bonds. The first-order valence-corrected chi connectivity index (χ1v) is 11.8. The topological polar surface area (TPSA) is 24.7 Å². The van der Waals surface area contributed by atoms with Crippen LogP contribution in [0.1, 0.15) is 59.6 Å². The minimum Gasteiger partial charge on any atom is -0.290 e. The highest BCUT2D eigenvalue weighted by molar-refractivity contribution is 8.01. The Balaban J connectivity index is 2.02. The Morgan fingerprint density at radius 1 is 0.759 bits per heavy atom. The maximum atomic E-state index is 4.74. The van der Waals surface area contributed by atoms with E-state index in [0.29, 0.717) is 6.54 Å². The van der Waals surface area contributed by atoms with Crippen LogP contribution in [0.3, 0.4) is 0 Å². The third kappa shape index (κ3) is 9.22. The molecule has 0 N–H and O–H groups in total. The fraction of sp³-hybridized carbons (Fsp3) is 0.440. The predicted molar refractivity (Wildman–Crippen MR) is 134 cm³/mol. The lowest BCUT2D eigenvalue weighted by Gasteiger charge is -2.19. The zero-order chi connectivity index (χ0) is 21.5. The van der Waals surface area contributed by atoms with E-state index in [0.717, 1.165) is 0 Å². The van der Waals surface area contributed by atoms with Gasteiger partial charge in [0, 0.05) is 42.8 Å². The molecule has 0 aromatic heterocycles. The summed E-state index contributed by atoms with van der Waals surface area (Å²) in [6.07, 6.45) is 3.99. The van der Waals surface area contributed by atoms with Crippen molar-refractivity contribution >= 4 is 36.0 Å². The molecule has 0 aliphatic carbocycles. The highest BCUT2D eigenvalue weighted by Crippen LogP contribution is 2.34. The van der Waals surface area contributed by atoms with E-state index in [-0.39, 0.29) is 15.5 Å². The van der Waals surface area contributed by atoms with E-state index in [1.807, 2.05) is 36.0 Å². The molecule has 2 nitrogen and oxygen atoms in total. The molecule has 1 atom stereocenters. The minimum absolute atomic E-state index is 0.140. The second kappa shape index (κ2) is 10.5. The number of aliphatic imine (C=N–C) groups is 2. The highest BCUT2D eigenvalue weighted by atomic mass is 32.2. The Kier molecular flexibility index (Phi) is 8.59. The molecule has 0 spiro atoms. The molecule has 0 aliphatic heterocycles. The van der Waals surface area contributed by atoms with Gasteiger partial charge in [0.15, 0.2) is 0 Å². The van der Waals surface area contributed by atoms with Crippen molar-refractivity contribution in [3.05, 3.63) is 59.7 Å². The van der Waals surface area contributed by atoms with E-state index in [4.69, 9.17) is 4.99 Å². The predicted octanol–water partition coefficient (Wildman–Crippen LogP) is 7.39. The van der Waals surface area contributed by atoms with Crippen molar-refractivity contribution in [2.24, 2.45) is 9.98 Å². The summed E-state index contributed by atoms with van der Waals surface area (Å²) >= 11 is 3.75. The van der Waals surface area contributed by atoms with Gasteiger partial charge in [-0.25, -0.2) is 0 Å². The van der Waals surface area contributed by atoms with Gasteiger partial charge in [0.05, 0.1) is 12.6 Å². The molecule has 0 unspecified atom stereocenters. The highest BCUT2D eigenvalue weighted by Gasteiger charge is 2.14. The zero-order valence-corrected chi connectivity index (χ0v) is 20.4. The molecule has 0 radical (unpaired) electrons. The van der Waals surface area contributed by atoms with Crippen LogP contribution in [-0.2, 0) is 0 Å². The lowest BCUT2D eigenvalue weighted by atomic mass is 10.2. The van der Waals surface area contributed by atoms with Gasteiger partial charge in [-0.1, -0.05) is 77.9 Å². The quantitative estimate of drug-likeness (QED) is 0.340. The van der Waals surface area contributed by atoms with Gasteiger partial charge >= 0.3 is 0 Å². The summed E-state index contributed by atoms with van der Waals surface area (Å²) in [7, 11) is 0. The van der Waals surface area contributed by atoms with Crippen LogP contribution in [0, 0.1) is 0 Å². The first kappa shape index (κ1) is 23.8. The summed E-state index contributed by atoms with van der Waals surface area (Å²) in [6, 6.07) is 17.1. The third-order valence-corrected chi connectivity index (χ3v) is 6.15. The number of nitrogens with zero attached hydrogens (tertiary/aromatic N) is 2. The monoisotopic (exact) mass is 426 g/mol. The Bertz CT molecular complexity index is 842. The van der Waals surface area contributed by atoms with Crippen molar-refractivity contribution in [3.63, 3.8) is 0 Å². The fourth-order valence-corrected chi connectivity index (χ4v) is 4.67. The Morgan fingerprint density at radius 2 is 1.21 bits per heavy atom. The standard InChI is InChI=1S/C25H34N2S2/c1-19(27-18-21-13-9-11-15-23(21)29-25(5,6)7)16-26-17-20-12-8-10-14-22(20)28-24(2,3)4/h8-15,17-19H,16H2,1-7H3/t19-/m1/s1.